The van der Waals surface area contributed by atoms with Gasteiger partial charge in [0.25, 0.3) is 0 Å². The molecule has 5 heteroatoms. The minimum Gasteiger partial charge on any atom is -0.479 e. The van der Waals surface area contributed by atoms with Crippen molar-refractivity contribution in [1.29, 1.82) is 0 Å². The van der Waals surface area contributed by atoms with Crippen LogP contribution in [0.3, 0.4) is 0 Å². The molecule has 0 aromatic carbocycles. The molecular weight excluding hydrogens is 164 g/mol. The first kappa shape index (κ1) is 9.44. The molecule has 12 heavy (non-hydrogen) atoms. The molecule has 1 aliphatic rings. The van der Waals surface area contributed by atoms with Crippen LogP contribution in [-0.4, -0.2) is 41.8 Å². The number of hydrogen-bond donors (Lipinski definition) is 2. The van der Waals surface area contributed by atoms with Gasteiger partial charge in [-0.1, -0.05) is 0 Å². The second-order valence-electron chi connectivity index (χ2n) is 2.75. The SMILES string of the molecule is CO[C@H]1CC(O)CC(C(=O)O)O1. The second kappa shape index (κ2) is 3.84. The van der Waals surface area contributed by atoms with E-state index in [2.05, 4.69) is 0 Å². The molecule has 70 valence electrons. The molecular formula is C7H12O5. The Balaban J connectivity index is 2.51. The van der Waals surface area contributed by atoms with E-state index in [9.17, 15) is 9.90 Å². The van der Waals surface area contributed by atoms with E-state index in [1.165, 1.54) is 7.11 Å². The first-order chi connectivity index (χ1) is 5.63. The molecule has 0 aromatic heterocycles. The van der Waals surface area contributed by atoms with Crippen LogP contribution in [0, 0.1) is 0 Å². The number of carboxylic acids is 1. The number of hydrogen-bond acceptors (Lipinski definition) is 4. The fraction of sp³-hybridized carbons (Fsp3) is 0.857. The Kier molecular flexibility index (Phi) is 3.02. The number of aliphatic carboxylic acids is 1. The van der Waals surface area contributed by atoms with Crippen LogP contribution >= 0.6 is 0 Å². The van der Waals surface area contributed by atoms with Crippen LogP contribution < -0.4 is 0 Å². The first-order valence-corrected chi connectivity index (χ1v) is 3.72. The predicted molar refractivity (Wildman–Crippen MR) is 38.5 cm³/mol. The van der Waals surface area contributed by atoms with Gasteiger partial charge in [0.15, 0.2) is 12.4 Å². The summed E-state index contributed by atoms with van der Waals surface area (Å²) in [5, 5.41) is 17.8. The summed E-state index contributed by atoms with van der Waals surface area (Å²) in [4.78, 5) is 10.5. The highest BCUT2D eigenvalue weighted by Crippen LogP contribution is 2.19. The summed E-state index contributed by atoms with van der Waals surface area (Å²) in [6, 6.07) is 0. The molecule has 1 heterocycles. The van der Waals surface area contributed by atoms with Crippen LogP contribution in [0.4, 0.5) is 0 Å². The van der Waals surface area contributed by atoms with Crippen LogP contribution in [0.25, 0.3) is 0 Å². The summed E-state index contributed by atoms with van der Waals surface area (Å²) >= 11 is 0. The third-order valence-corrected chi connectivity index (χ3v) is 1.81. The van der Waals surface area contributed by atoms with Crippen molar-refractivity contribution in [2.24, 2.45) is 0 Å². The van der Waals surface area contributed by atoms with Gasteiger partial charge in [0, 0.05) is 20.0 Å². The van der Waals surface area contributed by atoms with Crippen LogP contribution in [0.1, 0.15) is 12.8 Å². The lowest BCUT2D eigenvalue weighted by molar-refractivity contribution is -0.213. The minimum atomic E-state index is -1.06. The molecule has 0 spiro atoms. The van der Waals surface area contributed by atoms with E-state index in [4.69, 9.17) is 14.6 Å². The molecule has 1 rings (SSSR count). The summed E-state index contributed by atoms with van der Waals surface area (Å²) in [6.45, 7) is 0. The highest BCUT2D eigenvalue weighted by Gasteiger charge is 2.32. The number of aliphatic hydroxyl groups is 1. The largest absolute Gasteiger partial charge is 0.479 e. The first-order valence-electron chi connectivity index (χ1n) is 3.72. The van der Waals surface area contributed by atoms with E-state index >= 15 is 0 Å². The zero-order valence-electron chi connectivity index (χ0n) is 6.77. The lowest BCUT2D eigenvalue weighted by Crippen LogP contribution is -2.40. The van der Waals surface area contributed by atoms with Crippen LogP contribution in [0.2, 0.25) is 0 Å². The number of methoxy groups -OCH3 is 1. The van der Waals surface area contributed by atoms with Crippen molar-refractivity contribution in [3.05, 3.63) is 0 Å². The summed E-state index contributed by atoms with van der Waals surface area (Å²) in [5.74, 6) is -1.06. The number of aliphatic hydroxyl groups excluding tert-OH is 1. The van der Waals surface area contributed by atoms with Crippen molar-refractivity contribution in [1.82, 2.24) is 0 Å². The Labute approximate surface area is 69.9 Å². The van der Waals surface area contributed by atoms with Crippen molar-refractivity contribution < 1.29 is 24.5 Å². The summed E-state index contributed by atoms with van der Waals surface area (Å²) in [7, 11) is 1.42. The smallest absolute Gasteiger partial charge is 0.333 e. The minimum absolute atomic E-state index is 0.134. The average molecular weight is 176 g/mol. The fourth-order valence-electron chi connectivity index (χ4n) is 1.17. The lowest BCUT2D eigenvalue weighted by atomic mass is 10.1. The highest BCUT2D eigenvalue weighted by molar-refractivity contribution is 5.72. The van der Waals surface area contributed by atoms with E-state index in [-0.39, 0.29) is 6.42 Å². The average Bonchev–Trinajstić information content (AvgIpc) is 2.03. The van der Waals surface area contributed by atoms with Crippen molar-refractivity contribution in [2.75, 3.05) is 7.11 Å². The summed E-state index contributed by atoms with van der Waals surface area (Å²) in [5.41, 5.74) is 0. The van der Waals surface area contributed by atoms with Crippen LogP contribution in [0.5, 0.6) is 0 Å². The summed E-state index contributed by atoms with van der Waals surface area (Å²) < 4.78 is 9.78. The Morgan fingerprint density at radius 2 is 2.25 bits per heavy atom. The summed E-state index contributed by atoms with van der Waals surface area (Å²) in [6.07, 6.45) is -1.73. The van der Waals surface area contributed by atoms with Gasteiger partial charge in [0.1, 0.15) is 0 Å². The molecule has 0 amide bonds. The van der Waals surface area contributed by atoms with Crippen molar-refractivity contribution in [3.63, 3.8) is 0 Å². The molecule has 1 fully saturated rings. The van der Waals surface area contributed by atoms with Crippen LogP contribution in [-0.2, 0) is 14.3 Å². The Morgan fingerprint density at radius 1 is 1.58 bits per heavy atom. The maximum Gasteiger partial charge on any atom is 0.333 e. The van der Waals surface area contributed by atoms with Crippen LogP contribution in [0.15, 0.2) is 0 Å². The standard InChI is InChI=1S/C7H12O5/c1-11-6-3-4(8)2-5(12-6)7(9)10/h4-6,8H,2-3H2,1H3,(H,9,10)/t4?,5?,6-/m1/s1. The van der Waals surface area contributed by atoms with Gasteiger partial charge in [0.2, 0.25) is 0 Å². The zero-order valence-corrected chi connectivity index (χ0v) is 6.77. The number of ether oxygens (including phenoxy) is 2. The molecule has 0 aliphatic carbocycles. The van der Waals surface area contributed by atoms with E-state index in [1.807, 2.05) is 0 Å². The highest BCUT2D eigenvalue weighted by atomic mass is 16.7. The molecule has 1 aliphatic heterocycles. The maximum atomic E-state index is 10.5. The molecule has 0 aromatic rings. The van der Waals surface area contributed by atoms with Crippen molar-refractivity contribution >= 4 is 5.97 Å². The Hall–Kier alpha value is -0.650. The fourth-order valence-corrected chi connectivity index (χ4v) is 1.17. The molecule has 0 bridgehead atoms. The predicted octanol–water partition coefficient (Wildman–Crippen LogP) is -0.417. The third kappa shape index (κ3) is 2.17. The van der Waals surface area contributed by atoms with Gasteiger partial charge in [-0.05, 0) is 0 Å². The molecule has 0 saturated carbocycles. The van der Waals surface area contributed by atoms with Gasteiger partial charge in [0.05, 0.1) is 6.10 Å². The molecule has 0 radical (unpaired) electrons. The van der Waals surface area contributed by atoms with Gasteiger partial charge < -0.3 is 19.7 Å². The van der Waals surface area contributed by atoms with Gasteiger partial charge in [-0.3, -0.25) is 0 Å². The maximum absolute atomic E-state index is 10.5. The lowest BCUT2D eigenvalue weighted by Gasteiger charge is -2.29. The number of rotatable bonds is 2. The number of carbonyl (C=O) groups is 1. The van der Waals surface area contributed by atoms with Crippen molar-refractivity contribution in [2.45, 2.75) is 31.3 Å². The van der Waals surface area contributed by atoms with Crippen molar-refractivity contribution in [3.8, 4) is 0 Å². The van der Waals surface area contributed by atoms with Gasteiger partial charge in [-0.2, -0.15) is 0 Å². The normalized spacial score (nSPS) is 36.3. The van der Waals surface area contributed by atoms with E-state index in [0.29, 0.717) is 6.42 Å². The van der Waals surface area contributed by atoms with E-state index < -0.39 is 24.5 Å². The second-order valence-corrected chi connectivity index (χ2v) is 2.75. The molecule has 3 atom stereocenters. The Bertz CT molecular complexity index is 169. The number of carboxylic acid groups (broad SMARTS) is 1. The molecule has 2 unspecified atom stereocenters. The quantitative estimate of drug-likeness (QED) is 0.597. The monoisotopic (exact) mass is 176 g/mol. The molecule has 5 nitrogen and oxygen atoms in total. The molecule has 2 N–H and O–H groups in total. The Morgan fingerprint density at radius 3 is 2.75 bits per heavy atom. The third-order valence-electron chi connectivity index (χ3n) is 1.81. The molecule has 1 saturated heterocycles. The topological polar surface area (TPSA) is 76.0 Å². The zero-order chi connectivity index (χ0) is 9.14. The van der Waals surface area contributed by atoms with Gasteiger partial charge in [-0.25, -0.2) is 4.79 Å². The van der Waals surface area contributed by atoms with Gasteiger partial charge >= 0.3 is 5.97 Å². The van der Waals surface area contributed by atoms with E-state index in [1.54, 1.807) is 0 Å². The van der Waals surface area contributed by atoms with E-state index in [0.717, 1.165) is 0 Å². The van der Waals surface area contributed by atoms with Gasteiger partial charge in [-0.15, -0.1) is 0 Å².